The van der Waals surface area contributed by atoms with Gasteiger partial charge in [0.05, 0.1) is 11.2 Å². The summed E-state index contributed by atoms with van der Waals surface area (Å²) in [7, 11) is 0. The van der Waals surface area contributed by atoms with Crippen LogP contribution in [0.15, 0.2) is 47.8 Å². The Morgan fingerprint density at radius 2 is 1.88 bits per heavy atom. The number of benzene rings is 2. The summed E-state index contributed by atoms with van der Waals surface area (Å²) >= 11 is 1.55. The molecular weight excluding hydrogens is 349 g/mol. The maximum absolute atomic E-state index is 13.0. The number of halogens is 1. The van der Waals surface area contributed by atoms with Gasteiger partial charge in [-0.1, -0.05) is 18.2 Å². The van der Waals surface area contributed by atoms with Gasteiger partial charge in [-0.05, 0) is 43.7 Å². The number of hydrogen-bond acceptors (Lipinski definition) is 4. The second kappa shape index (κ2) is 6.53. The number of aromatic nitrogens is 3. The Balaban J connectivity index is 1.71. The van der Waals surface area contributed by atoms with Gasteiger partial charge in [-0.2, -0.15) is 4.98 Å². The Morgan fingerprint density at radius 1 is 1.12 bits per heavy atom. The molecular formula is C20H18FN3OS. The summed E-state index contributed by atoms with van der Waals surface area (Å²) in [5.41, 5.74) is 4.50. The first kappa shape index (κ1) is 16.7. The topological polar surface area (TPSA) is 50.9 Å². The molecule has 0 amide bonds. The van der Waals surface area contributed by atoms with Crippen LogP contribution in [0.2, 0.25) is 0 Å². The van der Waals surface area contributed by atoms with Crippen molar-refractivity contribution < 1.29 is 9.50 Å². The van der Waals surface area contributed by atoms with Crippen LogP contribution in [0.4, 0.5) is 4.39 Å². The Kier molecular flexibility index (Phi) is 4.20. The van der Waals surface area contributed by atoms with E-state index < -0.39 is 0 Å². The third kappa shape index (κ3) is 2.97. The third-order valence-electron chi connectivity index (χ3n) is 4.30. The van der Waals surface area contributed by atoms with E-state index in [0.29, 0.717) is 6.42 Å². The molecule has 0 fully saturated rings. The van der Waals surface area contributed by atoms with Gasteiger partial charge in [0.1, 0.15) is 16.3 Å². The van der Waals surface area contributed by atoms with Crippen molar-refractivity contribution >= 4 is 22.4 Å². The van der Waals surface area contributed by atoms with Gasteiger partial charge in [0, 0.05) is 23.4 Å². The van der Waals surface area contributed by atoms with Crippen molar-refractivity contribution in [1.82, 2.24) is 14.5 Å². The molecule has 0 aliphatic heterocycles. The predicted octanol–water partition coefficient (Wildman–Crippen LogP) is 5.18. The standard InChI is InChI=1S/C20H18FN3OS/c1-12(2)24-17-5-3-4-16(18(17)23-20(24)25)19-22-15(11-26-19)10-13-6-8-14(21)9-7-13/h3-9,11-12H,10H2,1-2H3,(H,23,25). The van der Waals surface area contributed by atoms with E-state index in [-0.39, 0.29) is 17.9 Å². The first-order chi connectivity index (χ1) is 12.5. The summed E-state index contributed by atoms with van der Waals surface area (Å²) in [4.78, 5) is 9.08. The van der Waals surface area contributed by atoms with Crippen LogP contribution in [-0.4, -0.2) is 19.6 Å². The minimum absolute atomic E-state index is 0.0190. The summed E-state index contributed by atoms with van der Waals surface area (Å²) in [6.07, 6.45) is 0.651. The number of hydrogen-bond donors (Lipinski definition) is 1. The van der Waals surface area contributed by atoms with Gasteiger partial charge in [-0.25, -0.2) is 9.37 Å². The molecule has 0 saturated carbocycles. The van der Waals surface area contributed by atoms with Crippen molar-refractivity contribution in [3.63, 3.8) is 0 Å². The van der Waals surface area contributed by atoms with E-state index in [1.165, 1.54) is 12.1 Å². The second-order valence-electron chi connectivity index (χ2n) is 6.50. The van der Waals surface area contributed by atoms with Crippen LogP contribution in [0.25, 0.3) is 21.6 Å². The first-order valence-corrected chi connectivity index (χ1v) is 9.30. The highest BCUT2D eigenvalue weighted by molar-refractivity contribution is 7.13. The zero-order chi connectivity index (χ0) is 18.3. The smallest absolute Gasteiger partial charge is 0.295 e. The van der Waals surface area contributed by atoms with E-state index in [9.17, 15) is 9.50 Å². The molecule has 4 rings (SSSR count). The highest BCUT2D eigenvalue weighted by atomic mass is 32.1. The van der Waals surface area contributed by atoms with Crippen molar-refractivity contribution in [2.45, 2.75) is 26.3 Å². The lowest BCUT2D eigenvalue weighted by Gasteiger charge is -2.09. The van der Waals surface area contributed by atoms with Gasteiger partial charge >= 0.3 is 0 Å². The Morgan fingerprint density at radius 3 is 2.62 bits per heavy atom. The van der Waals surface area contributed by atoms with Gasteiger partial charge in [0.2, 0.25) is 0 Å². The number of para-hydroxylation sites is 1. The quantitative estimate of drug-likeness (QED) is 0.541. The molecule has 4 aromatic rings. The summed E-state index contributed by atoms with van der Waals surface area (Å²) < 4.78 is 14.9. The van der Waals surface area contributed by atoms with Gasteiger partial charge in [-0.15, -0.1) is 11.3 Å². The zero-order valence-corrected chi connectivity index (χ0v) is 15.3. The van der Waals surface area contributed by atoms with E-state index in [1.54, 1.807) is 23.5 Å². The SMILES string of the molecule is CC(C)n1c(O)nc2c(-c3nc(Cc4ccc(F)cc4)cs3)cccc21. The number of fused-ring (bicyclic) bond motifs is 1. The summed E-state index contributed by atoms with van der Waals surface area (Å²) in [6, 6.07) is 12.5. The lowest BCUT2D eigenvalue weighted by molar-refractivity contribution is 0.388. The van der Waals surface area contributed by atoms with E-state index in [0.717, 1.165) is 32.9 Å². The first-order valence-electron chi connectivity index (χ1n) is 8.42. The molecule has 1 N–H and O–H groups in total. The van der Waals surface area contributed by atoms with Crippen molar-refractivity contribution in [2.24, 2.45) is 0 Å². The van der Waals surface area contributed by atoms with E-state index >= 15 is 0 Å². The molecule has 0 aliphatic rings. The highest BCUT2D eigenvalue weighted by Crippen LogP contribution is 2.34. The molecule has 0 aliphatic carbocycles. The molecule has 132 valence electrons. The molecule has 2 heterocycles. The molecule has 0 atom stereocenters. The monoisotopic (exact) mass is 367 g/mol. The molecule has 0 spiro atoms. The second-order valence-corrected chi connectivity index (χ2v) is 7.35. The van der Waals surface area contributed by atoms with E-state index in [4.69, 9.17) is 4.98 Å². The lowest BCUT2D eigenvalue weighted by Crippen LogP contribution is -1.99. The van der Waals surface area contributed by atoms with Gasteiger partial charge < -0.3 is 5.11 Å². The average molecular weight is 367 g/mol. The van der Waals surface area contributed by atoms with Crippen LogP contribution in [0.1, 0.15) is 31.1 Å². The highest BCUT2D eigenvalue weighted by Gasteiger charge is 2.17. The molecule has 0 bridgehead atoms. The largest absolute Gasteiger partial charge is 0.480 e. The molecule has 2 aromatic carbocycles. The van der Waals surface area contributed by atoms with Crippen LogP contribution in [0.5, 0.6) is 6.01 Å². The maximum atomic E-state index is 13.0. The Hall–Kier alpha value is -2.73. The molecule has 26 heavy (non-hydrogen) atoms. The Labute approximate surface area is 154 Å². The van der Waals surface area contributed by atoms with Crippen molar-refractivity contribution in [2.75, 3.05) is 0 Å². The van der Waals surface area contributed by atoms with Crippen LogP contribution >= 0.6 is 11.3 Å². The van der Waals surface area contributed by atoms with Crippen molar-refractivity contribution in [3.8, 4) is 16.6 Å². The van der Waals surface area contributed by atoms with Crippen LogP contribution < -0.4 is 0 Å². The minimum Gasteiger partial charge on any atom is -0.480 e. The molecule has 2 aromatic heterocycles. The van der Waals surface area contributed by atoms with Crippen molar-refractivity contribution in [3.05, 3.63) is 64.9 Å². The van der Waals surface area contributed by atoms with Crippen LogP contribution in [0.3, 0.4) is 0 Å². The Bertz CT molecular complexity index is 1070. The third-order valence-corrected chi connectivity index (χ3v) is 5.22. The number of imidazole rings is 1. The zero-order valence-electron chi connectivity index (χ0n) is 14.5. The number of nitrogens with zero attached hydrogens (tertiary/aromatic N) is 3. The van der Waals surface area contributed by atoms with Gasteiger partial charge in [-0.3, -0.25) is 4.57 Å². The van der Waals surface area contributed by atoms with Crippen molar-refractivity contribution in [1.29, 1.82) is 0 Å². The fourth-order valence-corrected chi connectivity index (χ4v) is 3.96. The van der Waals surface area contributed by atoms with Crippen LogP contribution in [-0.2, 0) is 6.42 Å². The molecule has 6 heteroatoms. The van der Waals surface area contributed by atoms with Gasteiger partial charge in [0.25, 0.3) is 6.01 Å². The van der Waals surface area contributed by atoms with E-state index in [1.807, 2.05) is 42.0 Å². The fourth-order valence-electron chi connectivity index (χ4n) is 3.11. The molecule has 4 nitrogen and oxygen atoms in total. The normalized spacial score (nSPS) is 11.5. The number of thiazole rings is 1. The summed E-state index contributed by atoms with van der Waals surface area (Å²) in [6.45, 7) is 4.02. The lowest BCUT2D eigenvalue weighted by atomic mass is 10.1. The minimum atomic E-state index is -0.236. The fraction of sp³-hybridized carbons (Fsp3) is 0.200. The molecule has 0 unspecified atom stereocenters. The molecule has 0 saturated heterocycles. The molecule has 0 radical (unpaired) electrons. The van der Waals surface area contributed by atoms with Crippen LogP contribution in [0, 0.1) is 5.82 Å². The average Bonchev–Trinajstić information content (AvgIpc) is 3.20. The summed E-state index contributed by atoms with van der Waals surface area (Å²) in [5, 5.41) is 13.1. The maximum Gasteiger partial charge on any atom is 0.295 e. The predicted molar refractivity (Wildman–Crippen MR) is 102 cm³/mol. The number of aromatic hydroxyl groups is 1. The summed E-state index contributed by atoms with van der Waals surface area (Å²) in [5.74, 6) is -0.236. The van der Waals surface area contributed by atoms with Gasteiger partial charge in [0.15, 0.2) is 0 Å². The van der Waals surface area contributed by atoms with E-state index in [2.05, 4.69) is 4.98 Å². The number of rotatable bonds is 4.